The number of pyridine rings is 1. The number of morpholine rings is 1. The lowest BCUT2D eigenvalue weighted by atomic mass is 10.2. The molecule has 1 fully saturated rings. The number of aromatic nitrogens is 1. The molecular formula is C12H17N3O3. The van der Waals surface area contributed by atoms with E-state index in [0.29, 0.717) is 17.8 Å². The van der Waals surface area contributed by atoms with Gasteiger partial charge in [0.05, 0.1) is 43.5 Å². The van der Waals surface area contributed by atoms with Gasteiger partial charge < -0.3 is 15.2 Å². The summed E-state index contributed by atoms with van der Waals surface area (Å²) in [6, 6.07) is 1.69. The largest absolute Gasteiger partial charge is 0.465 e. The summed E-state index contributed by atoms with van der Waals surface area (Å²) in [5, 5.41) is 0. The number of carbonyl (C=O) groups is 1. The van der Waals surface area contributed by atoms with E-state index in [1.807, 2.05) is 0 Å². The minimum absolute atomic E-state index is 0.340. The van der Waals surface area contributed by atoms with Crippen LogP contribution in [0.15, 0.2) is 12.3 Å². The minimum Gasteiger partial charge on any atom is -0.465 e. The number of anilines is 1. The third kappa shape index (κ3) is 2.96. The highest BCUT2D eigenvalue weighted by molar-refractivity contribution is 5.94. The monoisotopic (exact) mass is 251 g/mol. The Morgan fingerprint density at radius 1 is 1.56 bits per heavy atom. The van der Waals surface area contributed by atoms with Crippen molar-refractivity contribution in [1.82, 2.24) is 9.88 Å². The molecule has 0 bridgehead atoms. The summed E-state index contributed by atoms with van der Waals surface area (Å²) >= 11 is 0. The number of nitrogen functional groups attached to an aromatic ring is 1. The number of esters is 1. The first-order valence-corrected chi connectivity index (χ1v) is 5.83. The van der Waals surface area contributed by atoms with Crippen molar-refractivity contribution in [3.8, 4) is 0 Å². The number of methoxy groups -OCH3 is 1. The molecule has 1 aromatic rings. The summed E-state index contributed by atoms with van der Waals surface area (Å²) < 4.78 is 9.96. The molecule has 0 spiro atoms. The Hall–Kier alpha value is -1.66. The van der Waals surface area contributed by atoms with Gasteiger partial charge in [-0.15, -0.1) is 0 Å². The number of nitrogens with zero attached hydrogens (tertiary/aromatic N) is 2. The Bertz CT molecular complexity index is 431. The second-order valence-electron chi connectivity index (χ2n) is 4.14. The van der Waals surface area contributed by atoms with Gasteiger partial charge in [-0.25, -0.2) is 4.79 Å². The van der Waals surface area contributed by atoms with Crippen LogP contribution >= 0.6 is 0 Å². The zero-order valence-electron chi connectivity index (χ0n) is 10.4. The minimum atomic E-state index is -0.432. The molecule has 2 rings (SSSR count). The maximum absolute atomic E-state index is 11.5. The Balaban J connectivity index is 2.11. The third-order valence-corrected chi connectivity index (χ3v) is 2.89. The van der Waals surface area contributed by atoms with Crippen molar-refractivity contribution in [2.24, 2.45) is 0 Å². The topological polar surface area (TPSA) is 77.7 Å². The van der Waals surface area contributed by atoms with Crippen LogP contribution in [0.3, 0.4) is 0 Å². The smallest absolute Gasteiger partial charge is 0.340 e. The van der Waals surface area contributed by atoms with Crippen LogP contribution in [0, 0.1) is 0 Å². The Morgan fingerprint density at radius 3 is 2.94 bits per heavy atom. The number of ether oxygens (including phenoxy) is 2. The van der Waals surface area contributed by atoms with E-state index in [-0.39, 0.29) is 0 Å². The Labute approximate surface area is 106 Å². The van der Waals surface area contributed by atoms with Crippen LogP contribution < -0.4 is 5.73 Å². The second kappa shape index (κ2) is 5.79. The molecular weight excluding hydrogens is 234 g/mol. The molecule has 1 saturated heterocycles. The molecule has 2 heterocycles. The average Bonchev–Trinajstić information content (AvgIpc) is 2.41. The fourth-order valence-corrected chi connectivity index (χ4v) is 1.87. The van der Waals surface area contributed by atoms with Crippen LogP contribution in [0.2, 0.25) is 0 Å². The third-order valence-electron chi connectivity index (χ3n) is 2.89. The van der Waals surface area contributed by atoms with Crippen molar-refractivity contribution in [3.05, 3.63) is 23.5 Å². The molecule has 0 aromatic carbocycles. The molecule has 2 N–H and O–H groups in total. The fraction of sp³-hybridized carbons (Fsp3) is 0.500. The molecule has 1 aliphatic rings. The maximum Gasteiger partial charge on any atom is 0.340 e. The quantitative estimate of drug-likeness (QED) is 0.778. The molecule has 0 aliphatic carbocycles. The predicted molar refractivity (Wildman–Crippen MR) is 66.1 cm³/mol. The van der Waals surface area contributed by atoms with Crippen LogP contribution in [-0.4, -0.2) is 49.3 Å². The first kappa shape index (κ1) is 12.8. The average molecular weight is 251 g/mol. The molecule has 98 valence electrons. The number of hydrogen-bond donors (Lipinski definition) is 1. The van der Waals surface area contributed by atoms with Crippen molar-refractivity contribution in [3.63, 3.8) is 0 Å². The first-order chi connectivity index (χ1) is 8.70. The van der Waals surface area contributed by atoms with Crippen molar-refractivity contribution < 1.29 is 14.3 Å². The summed E-state index contributed by atoms with van der Waals surface area (Å²) in [5.74, 6) is -0.432. The molecule has 6 nitrogen and oxygen atoms in total. The van der Waals surface area contributed by atoms with Gasteiger partial charge in [0.2, 0.25) is 0 Å². The summed E-state index contributed by atoms with van der Waals surface area (Å²) in [4.78, 5) is 18.0. The van der Waals surface area contributed by atoms with Gasteiger partial charge in [-0.1, -0.05) is 0 Å². The molecule has 0 amide bonds. The normalized spacial score (nSPS) is 16.5. The highest BCUT2D eigenvalue weighted by Gasteiger charge is 2.15. The fourth-order valence-electron chi connectivity index (χ4n) is 1.87. The number of hydrogen-bond acceptors (Lipinski definition) is 6. The van der Waals surface area contributed by atoms with E-state index < -0.39 is 5.97 Å². The van der Waals surface area contributed by atoms with Crippen molar-refractivity contribution in [1.29, 1.82) is 0 Å². The lowest BCUT2D eigenvalue weighted by Gasteiger charge is -2.26. The predicted octanol–water partition coefficient (Wildman–Crippen LogP) is 0.283. The van der Waals surface area contributed by atoms with Crippen LogP contribution in [0.1, 0.15) is 16.1 Å². The lowest BCUT2D eigenvalue weighted by Crippen LogP contribution is -2.35. The SMILES string of the molecule is COC(=O)c1cc(CN2CCOCC2)ncc1N. The highest BCUT2D eigenvalue weighted by atomic mass is 16.5. The maximum atomic E-state index is 11.5. The molecule has 0 saturated carbocycles. The van der Waals surface area contributed by atoms with Gasteiger partial charge in [0, 0.05) is 19.6 Å². The molecule has 6 heteroatoms. The summed E-state index contributed by atoms with van der Waals surface area (Å²) in [5.41, 5.74) is 7.23. The van der Waals surface area contributed by atoms with E-state index in [9.17, 15) is 4.79 Å². The van der Waals surface area contributed by atoms with E-state index >= 15 is 0 Å². The van der Waals surface area contributed by atoms with E-state index in [1.54, 1.807) is 6.07 Å². The molecule has 1 aliphatic heterocycles. The second-order valence-corrected chi connectivity index (χ2v) is 4.14. The Kier molecular flexibility index (Phi) is 4.11. The Morgan fingerprint density at radius 2 is 2.28 bits per heavy atom. The highest BCUT2D eigenvalue weighted by Crippen LogP contribution is 2.14. The molecule has 18 heavy (non-hydrogen) atoms. The molecule has 0 atom stereocenters. The van der Waals surface area contributed by atoms with Crippen LogP contribution in [0.25, 0.3) is 0 Å². The lowest BCUT2D eigenvalue weighted by molar-refractivity contribution is 0.0336. The standard InChI is InChI=1S/C12H17N3O3/c1-17-12(16)10-6-9(14-7-11(10)13)8-15-2-4-18-5-3-15/h6-7H,2-5,8,13H2,1H3. The van der Waals surface area contributed by atoms with Crippen molar-refractivity contribution in [2.45, 2.75) is 6.54 Å². The van der Waals surface area contributed by atoms with Gasteiger partial charge in [-0.05, 0) is 6.07 Å². The van der Waals surface area contributed by atoms with Crippen molar-refractivity contribution >= 4 is 11.7 Å². The van der Waals surface area contributed by atoms with Gasteiger partial charge in [0.15, 0.2) is 0 Å². The molecule has 0 unspecified atom stereocenters. The first-order valence-electron chi connectivity index (χ1n) is 5.83. The number of carbonyl (C=O) groups excluding carboxylic acids is 1. The van der Waals surface area contributed by atoms with Crippen LogP contribution in [0.4, 0.5) is 5.69 Å². The van der Waals surface area contributed by atoms with E-state index in [2.05, 4.69) is 14.6 Å². The van der Waals surface area contributed by atoms with E-state index in [4.69, 9.17) is 10.5 Å². The van der Waals surface area contributed by atoms with Gasteiger partial charge in [0.1, 0.15) is 0 Å². The van der Waals surface area contributed by atoms with Gasteiger partial charge >= 0.3 is 5.97 Å². The van der Waals surface area contributed by atoms with Gasteiger partial charge in [-0.3, -0.25) is 9.88 Å². The van der Waals surface area contributed by atoms with Gasteiger partial charge in [0.25, 0.3) is 0 Å². The van der Waals surface area contributed by atoms with E-state index in [0.717, 1.165) is 32.0 Å². The van der Waals surface area contributed by atoms with Crippen molar-refractivity contribution in [2.75, 3.05) is 39.1 Å². The zero-order valence-corrected chi connectivity index (χ0v) is 10.4. The summed E-state index contributed by atoms with van der Waals surface area (Å²) in [6.45, 7) is 3.91. The summed E-state index contributed by atoms with van der Waals surface area (Å²) in [6.07, 6.45) is 1.50. The van der Waals surface area contributed by atoms with Crippen LogP contribution in [0.5, 0.6) is 0 Å². The molecule has 1 aromatic heterocycles. The van der Waals surface area contributed by atoms with E-state index in [1.165, 1.54) is 13.3 Å². The number of nitrogens with two attached hydrogens (primary N) is 1. The zero-order chi connectivity index (χ0) is 13.0. The van der Waals surface area contributed by atoms with Crippen LogP contribution in [-0.2, 0) is 16.0 Å². The summed E-state index contributed by atoms with van der Waals surface area (Å²) in [7, 11) is 1.34. The number of rotatable bonds is 3. The molecule has 0 radical (unpaired) electrons. The van der Waals surface area contributed by atoms with Gasteiger partial charge in [-0.2, -0.15) is 0 Å².